The molecule has 0 aliphatic carbocycles. The number of amides is 1. The van der Waals surface area contributed by atoms with Gasteiger partial charge in [0, 0.05) is 6.54 Å². The molecule has 0 aromatic carbocycles. The summed E-state index contributed by atoms with van der Waals surface area (Å²) in [5, 5.41) is 6.23. The normalized spacial score (nSPS) is 24.5. The molecule has 1 rings (SSSR count). The molecule has 0 saturated carbocycles. The van der Waals surface area contributed by atoms with Crippen LogP contribution in [-0.4, -0.2) is 25.0 Å². The fraction of sp³-hybridized carbons (Fsp3) is 0.750. The van der Waals surface area contributed by atoms with Crippen molar-refractivity contribution in [2.45, 2.75) is 39.2 Å². The van der Waals surface area contributed by atoms with E-state index in [1.54, 1.807) is 0 Å². The second-order valence-electron chi connectivity index (χ2n) is 4.85. The number of piperidine rings is 1. The van der Waals surface area contributed by atoms with Crippen molar-refractivity contribution in [3.8, 4) is 0 Å². The highest BCUT2D eigenvalue weighted by molar-refractivity contribution is 5.82. The van der Waals surface area contributed by atoms with Gasteiger partial charge in [0.05, 0.1) is 6.04 Å². The number of carbonyl (C=O) groups excluding carboxylic acids is 1. The molecule has 1 saturated heterocycles. The van der Waals surface area contributed by atoms with E-state index < -0.39 is 0 Å². The van der Waals surface area contributed by atoms with Crippen LogP contribution in [0.15, 0.2) is 12.7 Å². The summed E-state index contributed by atoms with van der Waals surface area (Å²) >= 11 is 0. The third-order valence-electron chi connectivity index (χ3n) is 3.04. The first-order chi connectivity index (χ1) is 7.08. The van der Waals surface area contributed by atoms with Crippen LogP contribution >= 0.6 is 0 Å². The van der Waals surface area contributed by atoms with Gasteiger partial charge in [-0.15, -0.1) is 6.58 Å². The van der Waals surface area contributed by atoms with Gasteiger partial charge < -0.3 is 10.6 Å². The molecule has 15 heavy (non-hydrogen) atoms. The van der Waals surface area contributed by atoms with Gasteiger partial charge in [-0.3, -0.25) is 4.79 Å². The van der Waals surface area contributed by atoms with Gasteiger partial charge in [0.15, 0.2) is 0 Å². The van der Waals surface area contributed by atoms with Crippen LogP contribution in [-0.2, 0) is 4.79 Å². The Balaban J connectivity index is 2.45. The minimum absolute atomic E-state index is 0.0453. The smallest absolute Gasteiger partial charge is 0.237 e. The third kappa shape index (κ3) is 3.34. The molecule has 3 heteroatoms. The van der Waals surface area contributed by atoms with Crippen LogP contribution in [0.1, 0.15) is 33.1 Å². The maximum absolute atomic E-state index is 11.9. The molecule has 3 nitrogen and oxygen atoms in total. The zero-order valence-electron chi connectivity index (χ0n) is 9.81. The first kappa shape index (κ1) is 12.2. The molecular formula is C12H22N2O. The Kier molecular flexibility index (Phi) is 4.33. The lowest BCUT2D eigenvalue weighted by Crippen LogP contribution is -2.55. The van der Waals surface area contributed by atoms with Crippen molar-refractivity contribution >= 4 is 5.91 Å². The van der Waals surface area contributed by atoms with Crippen LogP contribution in [0, 0.1) is 5.41 Å². The first-order valence-electron chi connectivity index (χ1n) is 5.70. The Morgan fingerprint density at radius 3 is 3.00 bits per heavy atom. The van der Waals surface area contributed by atoms with E-state index >= 15 is 0 Å². The van der Waals surface area contributed by atoms with Crippen molar-refractivity contribution in [2.24, 2.45) is 5.41 Å². The highest BCUT2D eigenvalue weighted by Gasteiger charge is 2.36. The molecule has 86 valence electrons. The molecule has 1 aliphatic rings. The Hall–Kier alpha value is -0.830. The molecule has 1 aliphatic heterocycles. The van der Waals surface area contributed by atoms with Gasteiger partial charge in [0.25, 0.3) is 0 Å². The summed E-state index contributed by atoms with van der Waals surface area (Å²) in [4.78, 5) is 11.9. The van der Waals surface area contributed by atoms with Gasteiger partial charge >= 0.3 is 0 Å². The summed E-state index contributed by atoms with van der Waals surface area (Å²) < 4.78 is 0. The maximum atomic E-state index is 11.9. The van der Waals surface area contributed by atoms with E-state index in [9.17, 15) is 4.79 Å². The van der Waals surface area contributed by atoms with E-state index in [1.807, 2.05) is 6.08 Å². The molecule has 1 heterocycles. The van der Waals surface area contributed by atoms with Crippen LogP contribution in [0.25, 0.3) is 0 Å². The van der Waals surface area contributed by atoms with E-state index in [1.165, 1.54) is 0 Å². The van der Waals surface area contributed by atoms with Crippen molar-refractivity contribution in [1.29, 1.82) is 0 Å². The molecule has 0 aromatic heterocycles. The summed E-state index contributed by atoms with van der Waals surface area (Å²) in [5.41, 5.74) is 0.0660. The lowest BCUT2D eigenvalue weighted by molar-refractivity contribution is -0.126. The van der Waals surface area contributed by atoms with Gasteiger partial charge in [0.2, 0.25) is 5.91 Å². The monoisotopic (exact) mass is 210 g/mol. The predicted octanol–water partition coefficient (Wildman–Crippen LogP) is 1.46. The summed E-state index contributed by atoms with van der Waals surface area (Å²) in [6, 6.07) is -0.0453. The average Bonchev–Trinajstić information content (AvgIpc) is 2.17. The number of hydrogen-bond donors (Lipinski definition) is 2. The third-order valence-corrected chi connectivity index (χ3v) is 3.04. The summed E-state index contributed by atoms with van der Waals surface area (Å²) in [6.45, 7) is 9.57. The highest BCUT2D eigenvalue weighted by Crippen LogP contribution is 2.29. The van der Waals surface area contributed by atoms with Gasteiger partial charge in [-0.25, -0.2) is 0 Å². The predicted molar refractivity (Wildman–Crippen MR) is 62.6 cm³/mol. The zero-order valence-corrected chi connectivity index (χ0v) is 9.81. The largest absolute Gasteiger partial charge is 0.354 e. The summed E-state index contributed by atoms with van der Waals surface area (Å²) in [6.07, 6.45) is 4.92. The molecule has 1 unspecified atom stereocenters. The van der Waals surface area contributed by atoms with Crippen molar-refractivity contribution in [3.05, 3.63) is 12.7 Å². The standard InChI is InChI=1S/C12H22N2O/c1-4-5-8-14-11(15)10-12(2,3)7-6-9-13-10/h4,10,13H,1,5-9H2,2-3H3,(H,14,15). The van der Waals surface area contributed by atoms with Gasteiger partial charge in [-0.2, -0.15) is 0 Å². The summed E-state index contributed by atoms with van der Waals surface area (Å²) in [5.74, 6) is 0.126. The number of carbonyl (C=O) groups is 1. The van der Waals surface area contributed by atoms with Crippen LogP contribution in [0.2, 0.25) is 0 Å². The first-order valence-corrected chi connectivity index (χ1v) is 5.70. The van der Waals surface area contributed by atoms with E-state index in [2.05, 4.69) is 31.1 Å². The number of nitrogens with one attached hydrogen (secondary N) is 2. The Labute approximate surface area is 92.3 Å². The highest BCUT2D eigenvalue weighted by atomic mass is 16.2. The number of hydrogen-bond acceptors (Lipinski definition) is 2. The molecule has 1 fully saturated rings. The lowest BCUT2D eigenvalue weighted by Gasteiger charge is -2.38. The lowest BCUT2D eigenvalue weighted by atomic mass is 9.77. The van der Waals surface area contributed by atoms with Crippen molar-refractivity contribution < 1.29 is 4.79 Å². The quantitative estimate of drug-likeness (QED) is 0.545. The minimum Gasteiger partial charge on any atom is -0.354 e. The topological polar surface area (TPSA) is 41.1 Å². The summed E-state index contributed by atoms with van der Waals surface area (Å²) in [7, 11) is 0. The Bertz CT molecular complexity index is 236. The van der Waals surface area contributed by atoms with E-state index in [0.717, 1.165) is 25.8 Å². The fourth-order valence-electron chi connectivity index (χ4n) is 2.06. The molecule has 0 radical (unpaired) electrons. The van der Waals surface area contributed by atoms with Gasteiger partial charge in [-0.1, -0.05) is 19.9 Å². The minimum atomic E-state index is -0.0453. The SMILES string of the molecule is C=CCCNC(=O)C1NCCCC1(C)C. The second kappa shape index (κ2) is 5.31. The molecular weight excluding hydrogens is 188 g/mol. The van der Waals surface area contributed by atoms with E-state index in [0.29, 0.717) is 6.54 Å². The van der Waals surface area contributed by atoms with Crippen LogP contribution in [0.3, 0.4) is 0 Å². The Morgan fingerprint density at radius 2 is 2.40 bits per heavy atom. The van der Waals surface area contributed by atoms with E-state index in [-0.39, 0.29) is 17.4 Å². The molecule has 1 amide bonds. The molecule has 0 bridgehead atoms. The zero-order chi connectivity index (χ0) is 11.3. The molecule has 2 N–H and O–H groups in total. The Morgan fingerprint density at radius 1 is 1.67 bits per heavy atom. The maximum Gasteiger partial charge on any atom is 0.237 e. The number of rotatable bonds is 4. The van der Waals surface area contributed by atoms with Crippen LogP contribution < -0.4 is 10.6 Å². The van der Waals surface area contributed by atoms with Crippen LogP contribution in [0.5, 0.6) is 0 Å². The average molecular weight is 210 g/mol. The fourth-order valence-corrected chi connectivity index (χ4v) is 2.06. The van der Waals surface area contributed by atoms with Gasteiger partial charge in [0.1, 0.15) is 0 Å². The van der Waals surface area contributed by atoms with Crippen molar-refractivity contribution in [2.75, 3.05) is 13.1 Å². The molecule has 0 aromatic rings. The van der Waals surface area contributed by atoms with E-state index in [4.69, 9.17) is 0 Å². The van der Waals surface area contributed by atoms with Crippen molar-refractivity contribution in [3.63, 3.8) is 0 Å². The van der Waals surface area contributed by atoms with Crippen molar-refractivity contribution in [1.82, 2.24) is 10.6 Å². The molecule has 1 atom stereocenters. The van der Waals surface area contributed by atoms with Crippen LogP contribution in [0.4, 0.5) is 0 Å². The van der Waals surface area contributed by atoms with Gasteiger partial charge in [-0.05, 0) is 31.2 Å². The molecule has 0 spiro atoms. The second-order valence-corrected chi connectivity index (χ2v) is 4.85.